The maximum atomic E-state index is 12.6. The molecule has 3 heterocycles. The second-order valence-electron chi connectivity index (χ2n) is 8.29. The molecule has 30 heavy (non-hydrogen) atoms. The lowest BCUT2D eigenvalue weighted by Crippen LogP contribution is -2.50. The minimum atomic E-state index is -2.96. The molecule has 2 saturated heterocycles. The Hall–Kier alpha value is -2.55. The lowest BCUT2D eigenvalue weighted by Gasteiger charge is -2.36. The summed E-state index contributed by atoms with van der Waals surface area (Å²) in [4.78, 5) is 16.7. The zero-order valence-electron chi connectivity index (χ0n) is 17.8. The molecule has 1 N–H and O–H groups in total. The van der Waals surface area contributed by atoms with E-state index in [1.807, 2.05) is 54.6 Å². The van der Waals surface area contributed by atoms with Crippen molar-refractivity contribution >= 4 is 27.2 Å². The first-order valence-corrected chi connectivity index (χ1v) is 12.2. The summed E-state index contributed by atoms with van der Waals surface area (Å²) in [5.74, 6) is 0.404. The smallest absolute Gasteiger partial charge is 0.321 e. The maximum absolute atomic E-state index is 12.6. The van der Waals surface area contributed by atoms with Crippen molar-refractivity contribution in [2.45, 2.75) is 33.2 Å². The number of hydrogen-bond acceptors (Lipinski definition) is 5. The van der Waals surface area contributed by atoms with Crippen LogP contribution in [0.25, 0.3) is 0 Å². The molecule has 1 aromatic heterocycles. The first-order chi connectivity index (χ1) is 14.2. The van der Waals surface area contributed by atoms with Crippen molar-refractivity contribution in [1.29, 1.82) is 0 Å². The summed E-state index contributed by atoms with van der Waals surface area (Å²) in [6, 6.07) is 7.62. The summed E-state index contributed by atoms with van der Waals surface area (Å²) < 4.78 is 25.6. The Labute approximate surface area is 177 Å². The average molecular weight is 432 g/mol. The summed E-state index contributed by atoms with van der Waals surface area (Å²) >= 11 is 0. The molecule has 0 radical (unpaired) electrons. The van der Waals surface area contributed by atoms with Crippen LogP contribution in [0, 0.1) is 20.8 Å². The first kappa shape index (κ1) is 20.7. The Bertz CT molecular complexity index is 1050. The quantitative estimate of drug-likeness (QED) is 0.807. The topological polar surface area (TPSA) is 87.5 Å². The van der Waals surface area contributed by atoms with Crippen LogP contribution in [-0.4, -0.2) is 66.8 Å². The molecule has 2 aliphatic rings. The number of carbonyl (C=O) groups excluding carboxylic acids is 1. The van der Waals surface area contributed by atoms with Crippen molar-refractivity contribution in [2.75, 3.05) is 47.9 Å². The van der Waals surface area contributed by atoms with Gasteiger partial charge in [-0.05, 0) is 44.9 Å². The molecule has 1 unspecified atom stereocenters. The molecule has 2 aromatic rings. The highest BCUT2D eigenvalue weighted by Crippen LogP contribution is 2.31. The maximum Gasteiger partial charge on any atom is 0.321 e. The van der Waals surface area contributed by atoms with E-state index in [0.29, 0.717) is 19.5 Å². The molecule has 162 valence electrons. The third-order valence-corrected chi connectivity index (χ3v) is 7.74. The number of benzene rings is 1. The molecule has 0 spiro atoms. The van der Waals surface area contributed by atoms with E-state index < -0.39 is 9.84 Å². The highest BCUT2D eigenvalue weighted by atomic mass is 32.2. The number of amides is 2. The largest absolute Gasteiger partial charge is 0.365 e. The Morgan fingerprint density at radius 3 is 2.50 bits per heavy atom. The monoisotopic (exact) mass is 431 g/mol. The van der Waals surface area contributed by atoms with Crippen LogP contribution in [0.2, 0.25) is 0 Å². The SMILES string of the molecule is Cc1cccc(NC(=O)N2CCN(c3c(C)nn(C4CCS(=O)(=O)C4)c3C)CC2)c1. The number of piperazine rings is 1. The second-order valence-corrected chi connectivity index (χ2v) is 10.5. The first-order valence-electron chi connectivity index (χ1n) is 10.4. The molecule has 0 bridgehead atoms. The molecule has 2 aliphatic heterocycles. The molecule has 8 nitrogen and oxygen atoms in total. The van der Waals surface area contributed by atoms with Crippen molar-refractivity contribution in [2.24, 2.45) is 0 Å². The van der Waals surface area contributed by atoms with Crippen LogP contribution >= 0.6 is 0 Å². The highest BCUT2D eigenvalue weighted by Gasteiger charge is 2.33. The van der Waals surface area contributed by atoms with Gasteiger partial charge in [0.2, 0.25) is 0 Å². The molecule has 1 aromatic carbocycles. The van der Waals surface area contributed by atoms with E-state index in [4.69, 9.17) is 0 Å². The van der Waals surface area contributed by atoms with Crippen LogP contribution in [0.5, 0.6) is 0 Å². The minimum Gasteiger partial charge on any atom is -0.365 e. The summed E-state index contributed by atoms with van der Waals surface area (Å²) in [6.07, 6.45) is 0.622. The zero-order valence-corrected chi connectivity index (χ0v) is 18.6. The van der Waals surface area contributed by atoms with Gasteiger partial charge in [0, 0.05) is 31.9 Å². The second kappa shape index (κ2) is 7.94. The molecule has 0 aliphatic carbocycles. The van der Waals surface area contributed by atoms with E-state index in [0.717, 1.165) is 41.4 Å². The van der Waals surface area contributed by atoms with Crippen LogP contribution < -0.4 is 10.2 Å². The Morgan fingerprint density at radius 2 is 1.87 bits per heavy atom. The zero-order chi connectivity index (χ0) is 21.5. The standard InChI is InChI=1S/C21H29N5O3S/c1-15-5-4-6-18(13-15)22-21(27)25-10-8-24(9-11-25)20-16(2)23-26(17(20)3)19-7-12-30(28,29)14-19/h4-6,13,19H,7-12,14H2,1-3H3,(H,22,27). The van der Waals surface area contributed by atoms with Gasteiger partial charge in [0.1, 0.15) is 0 Å². The van der Waals surface area contributed by atoms with Crippen LogP contribution in [-0.2, 0) is 9.84 Å². The van der Waals surface area contributed by atoms with Crippen molar-refractivity contribution < 1.29 is 13.2 Å². The molecule has 4 rings (SSSR count). The van der Waals surface area contributed by atoms with Crippen molar-refractivity contribution in [3.63, 3.8) is 0 Å². The molecular formula is C21H29N5O3S. The normalized spacial score (nSPS) is 21.1. The summed E-state index contributed by atoms with van der Waals surface area (Å²) in [7, 11) is -2.96. The van der Waals surface area contributed by atoms with Gasteiger partial charge >= 0.3 is 6.03 Å². The lowest BCUT2D eigenvalue weighted by atomic mass is 10.2. The van der Waals surface area contributed by atoms with Gasteiger partial charge in [0.25, 0.3) is 0 Å². The summed E-state index contributed by atoms with van der Waals surface area (Å²) in [6.45, 7) is 8.67. The average Bonchev–Trinajstić information content (AvgIpc) is 3.20. The number of carbonyl (C=O) groups is 1. The van der Waals surface area contributed by atoms with Crippen molar-refractivity contribution in [1.82, 2.24) is 14.7 Å². The Morgan fingerprint density at radius 1 is 1.13 bits per heavy atom. The highest BCUT2D eigenvalue weighted by molar-refractivity contribution is 7.91. The van der Waals surface area contributed by atoms with E-state index in [9.17, 15) is 13.2 Å². The molecular weight excluding hydrogens is 402 g/mol. The van der Waals surface area contributed by atoms with Gasteiger partial charge in [-0.25, -0.2) is 13.2 Å². The van der Waals surface area contributed by atoms with Crippen LogP contribution in [0.4, 0.5) is 16.2 Å². The summed E-state index contributed by atoms with van der Waals surface area (Å²) in [5, 5.41) is 7.64. The van der Waals surface area contributed by atoms with Crippen LogP contribution in [0.3, 0.4) is 0 Å². The molecule has 2 amide bonds. The fourth-order valence-electron chi connectivity index (χ4n) is 4.49. The Balaban J connectivity index is 1.41. The number of aryl methyl sites for hydroxylation is 2. The Kier molecular flexibility index (Phi) is 5.48. The van der Waals surface area contributed by atoms with E-state index in [1.165, 1.54) is 0 Å². The predicted octanol–water partition coefficient (Wildman–Crippen LogP) is 2.52. The molecule has 2 fully saturated rings. The summed E-state index contributed by atoms with van der Waals surface area (Å²) in [5.41, 5.74) is 4.90. The third kappa shape index (κ3) is 4.16. The van der Waals surface area contributed by atoms with Gasteiger partial charge in [-0.3, -0.25) is 4.68 Å². The molecule has 0 saturated carbocycles. The third-order valence-electron chi connectivity index (χ3n) is 5.99. The van der Waals surface area contributed by atoms with Gasteiger partial charge < -0.3 is 15.1 Å². The number of anilines is 2. The van der Waals surface area contributed by atoms with E-state index in [-0.39, 0.29) is 23.6 Å². The number of hydrogen-bond donors (Lipinski definition) is 1. The van der Waals surface area contributed by atoms with Crippen LogP contribution in [0.1, 0.15) is 29.4 Å². The number of nitrogens with zero attached hydrogens (tertiary/aromatic N) is 4. The van der Waals surface area contributed by atoms with E-state index in [2.05, 4.69) is 15.3 Å². The fraction of sp³-hybridized carbons (Fsp3) is 0.524. The van der Waals surface area contributed by atoms with Gasteiger partial charge in [-0.1, -0.05) is 12.1 Å². The van der Waals surface area contributed by atoms with Gasteiger partial charge in [-0.15, -0.1) is 0 Å². The fourth-order valence-corrected chi connectivity index (χ4v) is 6.19. The number of rotatable bonds is 3. The number of sulfone groups is 1. The van der Waals surface area contributed by atoms with Gasteiger partial charge in [-0.2, -0.15) is 5.10 Å². The molecule has 9 heteroatoms. The number of urea groups is 1. The van der Waals surface area contributed by atoms with Crippen molar-refractivity contribution in [3.8, 4) is 0 Å². The minimum absolute atomic E-state index is 0.0798. The van der Waals surface area contributed by atoms with Gasteiger partial charge in [0.05, 0.1) is 34.6 Å². The van der Waals surface area contributed by atoms with Crippen LogP contribution in [0.15, 0.2) is 24.3 Å². The van der Waals surface area contributed by atoms with Gasteiger partial charge in [0.15, 0.2) is 9.84 Å². The lowest BCUT2D eigenvalue weighted by molar-refractivity contribution is 0.208. The number of aromatic nitrogens is 2. The van der Waals surface area contributed by atoms with E-state index >= 15 is 0 Å². The predicted molar refractivity (Wildman–Crippen MR) is 118 cm³/mol. The number of nitrogens with one attached hydrogen (secondary N) is 1. The van der Waals surface area contributed by atoms with Crippen molar-refractivity contribution in [3.05, 3.63) is 41.2 Å². The molecule has 1 atom stereocenters. The van der Waals surface area contributed by atoms with E-state index in [1.54, 1.807) is 0 Å².